The first-order chi connectivity index (χ1) is 19.5. The number of carbonyl (C=O) groups is 3. The molecule has 4 heterocycles. The Bertz CT molecular complexity index is 1110. The van der Waals surface area contributed by atoms with Crippen LogP contribution in [0.4, 0.5) is 0 Å². The van der Waals surface area contributed by atoms with E-state index in [1.165, 1.54) is 6.08 Å². The number of fused-ring (bicyclic) bond motifs is 1. The van der Waals surface area contributed by atoms with Crippen molar-refractivity contribution in [1.29, 1.82) is 0 Å². The summed E-state index contributed by atoms with van der Waals surface area (Å²) in [7, 11) is 0. The third-order valence-corrected chi connectivity index (χ3v) is 10.7. The molecule has 0 aromatic heterocycles. The fourth-order valence-electron chi connectivity index (χ4n) is 6.95. The van der Waals surface area contributed by atoms with Gasteiger partial charge in [-0.2, -0.15) is 0 Å². The first-order valence-electron chi connectivity index (χ1n) is 14.1. The van der Waals surface area contributed by atoms with Crippen molar-refractivity contribution in [2.24, 2.45) is 11.8 Å². The molecule has 4 aliphatic heterocycles. The molecule has 1 aromatic carbocycles. The largest absolute Gasteiger partial charge is 0.461 e. The highest BCUT2D eigenvalue weighted by atomic mass is 32.2. The highest BCUT2D eigenvalue weighted by molar-refractivity contribution is 8.02. The molecule has 0 aliphatic carbocycles. The molecule has 2 bridgehead atoms. The van der Waals surface area contributed by atoms with Gasteiger partial charge >= 0.3 is 5.97 Å². The van der Waals surface area contributed by atoms with Gasteiger partial charge in [-0.25, -0.2) is 0 Å². The van der Waals surface area contributed by atoms with Gasteiger partial charge in [-0.15, -0.1) is 18.3 Å². The van der Waals surface area contributed by atoms with E-state index in [2.05, 4.69) is 18.1 Å². The lowest BCUT2D eigenvalue weighted by atomic mass is 9.71. The SMILES string of the molecule is C=CCOC(=O)[C@@H]1[C@H]2C(=O)N([C@H](CO)c3ccccc3)C(C(=O)N(CC=C)CCN3CCOCC3)C23CC[C@H]1S3. The molecule has 4 saturated heterocycles. The van der Waals surface area contributed by atoms with Crippen LogP contribution in [0.1, 0.15) is 24.4 Å². The van der Waals surface area contributed by atoms with Gasteiger partial charge in [0.25, 0.3) is 0 Å². The number of morpholine rings is 1. The maximum atomic E-state index is 14.6. The number of benzene rings is 1. The molecule has 6 atom stereocenters. The first-order valence-corrected chi connectivity index (χ1v) is 15.0. The van der Waals surface area contributed by atoms with Crippen LogP contribution in [0.5, 0.6) is 0 Å². The molecule has 4 fully saturated rings. The van der Waals surface area contributed by atoms with Crippen LogP contribution >= 0.6 is 11.8 Å². The van der Waals surface area contributed by atoms with Crippen molar-refractivity contribution in [2.45, 2.75) is 34.9 Å². The minimum Gasteiger partial charge on any atom is -0.461 e. The molecule has 2 unspecified atom stereocenters. The Morgan fingerprint density at radius 1 is 1.23 bits per heavy atom. The molecule has 10 heteroatoms. The van der Waals surface area contributed by atoms with Gasteiger partial charge in [-0.05, 0) is 18.4 Å². The number of aliphatic hydroxyl groups excluding tert-OH is 1. The second-order valence-electron chi connectivity index (χ2n) is 10.9. The topological polar surface area (TPSA) is 99.6 Å². The number of hydrogen-bond donors (Lipinski definition) is 1. The molecule has 2 amide bonds. The predicted octanol–water partition coefficient (Wildman–Crippen LogP) is 1.89. The fourth-order valence-corrected chi connectivity index (χ4v) is 9.14. The number of ether oxygens (including phenoxy) is 2. The number of nitrogens with zero attached hydrogens (tertiary/aromatic N) is 3. The zero-order valence-electron chi connectivity index (χ0n) is 22.9. The van der Waals surface area contributed by atoms with Crippen molar-refractivity contribution < 1.29 is 29.0 Å². The number of rotatable bonds is 12. The second-order valence-corrected chi connectivity index (χ2v) is 12.5. The summed E-state index contributed by atoms with van der Waals surface area (Å²) in [5, 5.41) is 10.5. The van der Waals surface area contributed by atoms with Gasteiger partial charge < -0.3 is 24.4 Å². The van der Waals surface area contributed by atoms with Crippen LogP contribution in [0.25, 0.3) is 0 Å². The molecule has 4 aliphatic rings. The molecule has 1 aromatic rings. The van der Waals surface area contributed by atoms with E-state index in [0.29, 0.717) is 39.3 Å². The summed E-state index contributed by atoms with van der Waals surface area (Å²) in [5.74, 6) is -2.16. The van der Waals surface area contributed by atoms with E-state index < -0.39 is 34.6 Å². The van der Waals surface area contributed by atoms with Crippen molar-refractivity contribution in [3.63, 3.8) is 0 Å². The van der Waals surface area contributed by atoms with E-state index in [4.69, 9.17) is 9.47 Å². The lowest BCUT2D eigenvalue weighted by Gasteiger charge is -2.40. The van der Waals surface area contributed by atoms with Crippen LogP contribution in [0.2, 0.25) is 0 Å². The van der Waals surface area contributed by atoms with E-state index in [0.717, 1.165) is 25.1 Å². The average Bonchev–Trinajstić information content (AvgIpc) is 3.63. The number of thioether (sulfide) groups is 1. The maximum Gasteiger partial charge on any atom is 0.311 e. The average molecular weight is 570 g/mol. The normalized spacial score (nSPS) is 30.1. The number of aliphatic hydroxyl groups is 1. The van der Waals surface area contributed by atoms with Gasteiger partial charge in [-0.1, -0.05) is 49.1 Å². The van der Waals surface area contributed by atoms with Crippen LogP contribution in [0.15, 0.2) is 55.6 Å². The van der Waals surface area contributed by atoms with Gasteiger partial charge in [0, 0.05) is 38.0 Å². The molecule has 40 heavy (non-hydrogen) atoms. The highest BCUT2D eigenvalue weighted by Gasteiger charge is 2.74. The Kier molecular flexibility index (Phi) is 8.99. The summed E-state index contributed by atoms with van der Waals surface area (Å²) >= 11 is 1.60. The van der Waals surface area contributed by atoms with Gasteiger partial charge in [-0.3, -0.25) is 19.3 Å². The zero-order valence-corrected chi connectivity index (χ0v) is 23.7. The van der Waals surface area contributed by atoms with Crippen LogP contribution in [-0.4, -0.2) is 113 Å². The second kappa shape index (κ2) is 12.5. The molecule has 1 N–H and O–H groups in total. The Balaban J connectivity index is 1.51. The number of esters is 1. The lowest BCUT2D eigenvalue weighted by molar-refractivity contribution is -0.153. The minimum atomic E-state index is -0.820. The molecular weight excluding hydrogens is 530 g/mol. The number of likely N-dealkylation sites (tertiary alicyclic amines) is 1. The van der Waals surface area contributed by atoms with Crippen molar-refractivity contribution in [1.82, 2.24) is 14.7 Å². The zero-order chi connectivity index (χ0) is 28.3. The monoisotopic (exact) mass is 569 g/mol. The number of hydrogen-bond acceptors (Lipinski definition) is 8. The van der Waals surface area contributed by atoms with Crippen LogP contribution < -0.4 is 0 Å². The third kappa shape index (κ3) is 5.11. The molecule has 0 radical (unpaired) electrons. The maximum absolute atomic E-state index is 14.6. The smallest absolute Gasteiger partial charge is 0.311 e. The summed E-state index contributed by atoms with van der Waals surface area (Å²) in [5.41, 5.74) is 0.751. The Morgan fingerprint density at radius 2 is 1.98 bits per heavy atom. The lowest BCUT2D eigenvalue weighted by Crippen LogP contribution is -2.56. The number of carbonyl (C=O) groups excluding carboxylic acids is 3. The summed E-state index contributed by atoms with van der Waals surface area (Å²) in [6.45, 7) is 11.7. The van der Waals surface area contributed by atoms with E-state index in [-0.39, 0.29) is 30.3 Å². The van der Waals surface area contributed by atoms with Crippen molar-refractivity contribution >= 4 is 29.5 Å². The number of amides is 2. The minimum absolute atomic E-state index is 0.0740. The molecule has 5 rings (SSSR count). The van der Waals surface area contributed by atoms with E-state index in [1.54, 1.807) is 27.6 Å². The van der Waals surface area contributed by atoms with Crippen LogP contribution in [0, 0.1) is 11.8 Å². The van der Waals surface area contributed by atoms with Crippen LogP contribution in [-0.2, 0) is 23.9 Å². The molecule has 9 nitrogen and oxygen atoms in total. The van der Waals surface area contributed by atoms with E-state index in [9.17, 15) is 19.5 Å². The predicted molar refractivity (Wildman–Crippen MR) is 152 cm³/mol. The summed E-state index contributed by atoms with van der Waals surface area (Å²) in [6.07, 6.45) is 4.60. The Labute approximate surface area is 240 Å². The van der Waals surface area contributed by atoms with Gasteiger partial charge in [0.1, 0.15) is 12.6 Å². The van der Waals surface area contributed by atoms with Gasteiger partial charge in [0.2, 0.25) is 11.8 Å². The van der Waals surface area contributed by atoms with Crippen molar-refractivity contribution in [3.8, 4) is 0 Å². The highest BCUT2D eigenvalue weighted by Crippen LogP contribution is 2.67. The van der Waals surface area contributed by atoms with Gasteiger partial charge in [0.15, 0.2) is 0 Å². The van der Waals surface area contributed by atoms with Crippen molar-refractivity contribution in [3.05, 3.63) is 61.2 Å². The summed E-state index contributed by atoms with van der Waals surface area (Å²) < 4.78 is 10.2. The Morgan fingerprint density at radius 3 is 2.65 bits per heavy atom. The van der Waals surface area contributed by atoms with Gasteiger partial charge in [0.05, 0.1) is 42.4 Å². The molecule has 1 spiro atoms. The fraction of sp³-hybridized carbons (Fsp3) is 0.567. The van der Waals surface area contributed by atoms with Crippen LogP contribution in [0.3, 0.4) is 0 Å². The molecular formula is C30H39N3O6S. The Hall–Kier alpha value is -2.66. The summed E-state index contributed by atoms with van der Waals surface area (Å²) in [6, 6.07) is 7.79. The molecule has 216 valence electrons. The third-order valence-electron chi connectivity index (χ3n) is 8.73. The van der Waals surface area contributed by atoms with Crippen molar-refractivity contribution in [2.75, 3.05) is 59.2 Å². The van der Waals surface area contributed by atoms with E-state index >= 15 is 0 Å². The molecule has 0 saturated carbocycles. The first kappa shape index (κ1) is 28.9. The quantitative estimate of drug-likeness (QED) is 0.301. The summed E-state index contributed by atoms with van der Waals surface area (Å²) in [4.78, 5) is 47.9. The standard InChI is InChI=1S/C30H39N3O6S/c1-3-12-32(14-13-31-15-18-38-19-16-31)28(36)26-30-11-10-23(40-30)24(29(37)39-17-4-2)25(30)27(35)33(26)22(20-34)21-8-6-5-7-9-21/h3-9,22-26,34H,1-2,10-20H2/t22-,23-,24+,25+,26?,30?/m1/s1. The van der Waals surface area contributed by atoms with E-state index in [1.807, 2.05) is 30.3 Å².